The van der Waals surface area contributed by atoms with Gasteiger partial charge in [0, 0.05) is 30.4 Å². The molecule has 1 amide bonds. The molecule has 0 radical (unpaired) electrons. The minimum Gasteiger partial charge on any atom is -0.322 e. The molecule has 0 fully saturated rings. The number of amides is 1. The Morgan fingerprint density at radius 1 is 1.06 bits per heavy atom. The Labute approximate surface area is 181 Å². The maximum atomic E-state index is 13.2. The first-order chi connectivity index (χ1) is 14.9. The van der Waals surface area contributed by atoms with Crippen LogP contribution in [0.25, 0.3) is 21.9 Å². The number of hydrogen-bond donors (Lipinski definition) is 1. The van der Waals surface area contributed by atoms with Crippen molar-refractivity contribution < 1.29 is 9.72 Å². The molecule has 0 spiro atoms. The van der Waals surface area contributed by atoms with Gasteiger partial charge in [0.25, 0.3) is 11.6 Å². The molecule has 7 nitrogen and oxygen atoms in total. The average Bonchev–Trinajstić information content (AvgIpc) is 3.05. The van der Waals surface area contributed by atoms with Gasteiger partial charge in [-0.15, -0.1) is 0 Å². The summed E-state index contributed by atoms with van der Waals surface area (Å²) in [6.07, 6.45) is 1.62. The Morgan fingerprint density at radius 2 is 1.84 bits per heavy atom. The number of hydrogen-bond acceptors (Lipinski definition) is 5. The van der Waals surface area contributed by atoms with Crippen molar-refractivity contribution in [3.8, 4) is 0 Å². The normalized spacial score (nSPS) is 11.5. The van der Waals surface area contributed by atoms with E-state index in [9.17, 15) is 19.7 Å². The average molecular weight is 431 g/mol. The summed E-state index contributed by atoms with van der Waals surface area (Å²) in [6, 6.07) is 20.5. The van der Waals surface area contributed by atoms with E-state index in [1.807, 2.05) is 18.2 Å². The van der Waals surface area contributed by atoms with Crippen LogP contribution < -0.4 is 10.2 Å². The van der Waals surface area contributed by atoms with Gasteiger partial charge in [0.15, 0.2) is 0 Å². The van der Waals surface area contributed by atoms with Crippen molar-refractivity contribution in [2.24, 2.45) is 7.05 Å². The third kappa shape index (κ3) is 4.29. The second kappa shape index (κ2) is 8.37. The van der Waals surface area contributed by atoms with Gasteiger partial charge in [0.1, 0.15) is 0 Å². The Balaban J connectivity index is 1.72. The van der Waals surface area contributed by atoms with Gasteiger partial charge >= 0.3 is 4.87 Å². The zero-order chi connectivity index (χ0) is 22.0. The Hall–Kier alpha value is -4.04. The largest absolute Gasteiger partial charge is 0.322 e. The van der Waals surface area contributed by atoms with Crippen LogP contribution in [0, 0.1) is 10.1 Å². The Morgan fingerprint density at radius 3 is 2.58 bits per heavy atom. The molecule has 8 heteroatoms. The van der Waals surface area contributed by atoms with E-state index in [0.717, 1.165) is 21.6 Å². The van der Waals surface area contributed by atoms with E-state index in [1.54, 1.807) is 60.2 Å². The number of nitro benzene ring substituents is 1. The molecule has 154 valence electrons. The van der Waals surface area contributed by atoms with Gasteiger partial charge in [-0.05, 0) is 35.4 Å². The molecule has 0 atom stereocenters. The standard InChI is InChI=1S/C23H17N3O4S/c1-25-20-11-10-17(14-21(20)31-23(25)28)24-22(27)19(16-7-3-2-4-8-16)13-15-6-5-9-18(12-15)26(29)30/h2-14H,1H3,(H,24,27)/b19-13+. The smallest absolute Gasteiger partial charge is 0.307 e. The number of nitrogens with one attached hydrogen (secondary N) is 1. The summed E-state index contributed by atoms with van der Waals surface area (Å²) in [5.41, 5.74) is 2.88. The zero-order valence-electron chi connectivity index (χ0n) is 16.4. The first-order valence-corrected chi connectivity index (χ1v) is 10.2. The molecule has 1 aromatic heterocycles. The monoisotopic (exact) mass is 431 g/mol. The van der Waals surface area contributed by atoms with Crippen molar-refractivity contribution >= 4 is 50.5 Å². The molecular formula is C23H17N3O4S. The number of aromatic nitrogens is 1. The molecule has 0 saturated heterocycles. The third-order valence-corrected chi connectivity index (χ3v) is 5.77. The predicted octanol–water partition coefficient (Wildman–Crippen LogP) is 4.69. The molecule has 0 unspecified atom stereocenters. The quantitative estimate of drug-likeness (QED) is 0.215. The fraction of sp³-hybridized carbons (Fsp3) is 0.0435. The number of fused-ring (bicyclic) bond motifs is 1. The van der Waals surface area contributed by atoms with Crippen LogP contribution in [0.15, 0.2) is 77.6 Å². The van der Waals surface area contributed by atoms with Crippen molar-refractivity contribution in [1.82, 2.24) is 4.57 Å². The number of anilines is 1. The van der Waals surface area contributed by atoms with Crippen LogP contribution in [0.1, 0.15) is 11.1 Å². The molecular weight excluding hydrogens is 414 g/mol. The van der Waals surface area contributed by atoms with Gasteiger partial charge in [0.2, 0.25) is 0 Å². The predicted molar refractivity (Wildman–Crippen MR) is 123 cm³/mol. The van der Waals surface area contributed by atoms with E-state index in [-0.39, 0.29) is 16.5 Å². The summed E-state index contributed by atoms with van der Waals surface area (Å²) in [6.45, 7) is 0. The van der Waals surface area contributed by atoms with Crippen LogP contribution in [-0.4, -0.2) is 15.4 Å². The highest BCUT2D eigenvalue weighted by atomic mass is 32.1. The van der Waals surface area contributed by atoms with Gasteiger partial charge in [-0.25, -0.2) is 0 Å². The van der Waals surface area contributed by atoms with Gasteiger partial charge < -0.3 is 9.88 Å². The van der Waals surface area contributed by atoms with Crippen LogP contribution in [0.3, 0.4) is 0 Å². The lowest BCUT2D eigenvalue weighted by Crippen LogP contribution is -2.13. The van der Waals surface area contributed by atoms with E-state index in [0.29, 0.717) is 22.4 Å². The first kappa shape index (κ1) is 20.2. The second-order valence-electron chi connectivity index (χ2n) is 6.84. The fourth-order valence-corrected chi connectivity index (χ4v) is 4.12. The van der Waals surface area contributed by atoms with Crippen LogP contribution in [0.5, 0.6) is 0 Å². The maximum Gasteiger partial charge on any atom is 0.307 e. The van der Waals surface area contributed by atoms with Crippen LogP contribution >= 0.6 is 11.3 Å². The fourth-order valence-electron chi connectivity index (χ4n) is 3.20. The topological polar surface area (TPSA) is 94.2 Å². The van der Waals surface area contributed by atoms with E-state index in [1.165, 1.54) is 12.1 Å². The summed E-state index contributed by atoms with van der Waals surface area (Å²) in [7, 11) is 1.70. The molecule has 31 heavy (non-hydrogen) atoms. The highest BCUT2D eigenvalue weighted by Crippen LogP contribution is 2.25. The number of carbonyl (C=O) groups is 1. The highest BCUT2D eigenvalue weighted by molar-refractivity contribution is 7.16. The molecule has 4 aromatic rings. The zero-order valence-corrected chi connectivity index (χ0v) is 17.3. The molecule has 3 aromatic carbocycles. The number of thiazole rings is 1. The minimum atomic E-state index is -0.472. The second-order valence-corrected chi connectivity index (χ2v) is 7.83. The van der Waals surface area contributed by atoms with Crippen molar-refractivity contribution in [2.45, 2.75) is 0 Å². The molecule has 0 saturated carbocycles. The lowest BCUT2D eigenvalue weighted by molar-refractivity contribution is -0.384. The van der Waals surface area contributed by atoms with E-state index < -0.39 is 4.92 Å². The number of nitrogens with zero attached hydrogens (tertiary/aromatic N) is 2. The first-order valence-electron chi connectivity index (χ1n) is 9.35. The van der Waals surface area contributed by atoms with E-state index in [4.69, 9.17) is 0 Å². The van der Waals surface area contributed by atoms with Crippen LogP contribution in [-0.2, 0) is 11.8 Å². The number of nitro groups is 1. The highest BCUT2D eigenvalue weighted by Gasteiger charge is 2.15. The molecule has 1 N–H and O–H groups in total. The van der Waals surface area contributed by atoms with Gasteiger partial charge in [-0.2, -0.15) is 0 Å². The summed E-state index contributed by atoms with van der Waals surface area (Å²) in [5, 5.41) is 14.0. The number of benzene rings is 3. The SMILES string of the molecule is Cn1c(=O)sc2cc(NC(=O)/C(=C/c3cccc([N+](=O)[O-])c3)c3ccccc3)ccc21. The van der Waals surface area contributed by atoms with Gasteiger partial charge in [-0.1, -0.05) is 53.8 Å². The van der Waals surface area contributed by atoms with Gasteiger partial charge in [0.05, 0.1) is 15.1 Å². The minimum absolute atomic E-state index is 0.0500. The van der Waals surface area contributed by atoms with Crippen molar-refractivity contribution in [2.75, 3.05) is 5.32 Å². The Bertz CT molecular complexity index is 1390. The summed E-state index contributed by atoms with van der Waals surface area (Å²) in [5.74, 6) is -0.361. The lowest BCUT2D eigenvalue weighted by atomic mass is 10.0. The number of carbonyl (C=O) groups excluding carboxylic acids is 1. The van der Waals surface area contributed by atoms with Gasteiger partial charge in [-0.3, -0.25) is 19.7 Å². The van der Waals surface area contributed by atoms with Crippen LogP contribution in [0.2, 0.25) is 0 Å². The molecule has 0 aliphatic rings. The molecule has 0 aliphatic heterocycles. The molecule has 0 aliphatic carbocycles. The van der Waals surface area contributed by atoms with Crippen molar-refractivity contribution in [3.05, 3.63) is 104 Å². The summed E-state index contributed by atoms with van der Waals surface area (Å²) >= 11 is 1.11. The third-order valence-electron chi connectivity index (χ3n) is 4.77. The Kier molecular flexibility index (Phi) is 5.46. The van der Waals surface area contributed by atoms with Crippen molar-refractivity contribution in [3.63, 3.8) is 0 Å². The lowest BCUT2D eigenvalue weighted by Gasteiger charge is -2.10. The summed E-state index contributed by atoms with van der Waals surface area (Å²) < 4.78 is 2.33. The number of aryl methyl sites for hydroxylation is 1. The maximum absolute atomic E-state index is 13.2. The van der Waals surface area contributed by atoms with E-state index >= 15 is 0 Å². The van der Waals surface area contributed by atoms with Crippen molar-refractivity contribution in [1.29, 1.82) is 0 Å². The number of non-ortho nitro benzene ring substituents is 1. The summed E-state index contributed by atoms with van der Waals surface area (Å²) in [4.78, 5) is 35.6. The molecule has 4 rings (SSSR count). The molecule has 0 bridgehead atoms. The van der Waals surface area contributed by atoms with Crippen LogP contribution in [0.4, 0.5) is 11.4 Å². The molecule has 1 heterocycles. The van der Waals surface area contributed by atoms with E-state index in [2.05, 4.69) is 5.32 Å². The number of rotatable bonds is 5.